The van der Waals surface area contributed by atoms with E-state index >= 15 is 0 Å². The molecule has 1 aliphatic carbocycles. The first kappa shape index (κ1) is 20.8. The topological polar surface area (TPSA) is 78.5 Å². The fraction of sp³-hybridized carbons (Fsp3) is 0.500. The minimum absolute atomic E-state index is 0.0395. The summed E-state index contributed by atoms with van der Waals surface area (Å²) in [6, 6.07) is 3.65. The molecule has 5 rings (SSSR count). The fourth-order valence-corrected chi connectivity index (χ4v) is 5.62. The maximum Gasteiger partial charge on any atom is 0.283 e. The SMILES string of the molecule is CN1Cc2c(OC3CC4(C3)CN(CCCc3cn[nH]c(=O)c3Cl)C4)ccc(Cl)c2C1=O. The Balaban J connectivity index is 1.10. The molecular formula is C22H24Cl2N4O3. The molecule has 1 spiro atoms. The molecule has 1 saturated carbocycles. The summed E-state index contributed by atoms with van der Waals surface area (Å²) >= 11 is 12.3. The van der Waals surface area contributed by atoms with Crippen LogP contribution in [0.5, 0.6) is 5.75 Å². The number of aromatic amines is 1. The molecule has 31 heavy (non-hydrogen) atoms. The van der Waals surface area contributed by atoms with Crippen molar-refractivity contribution in [2.24, 2.45) is 5.41 Å². The summed E-state index contributed by atoms with van der Waals surface area (Å²) in [5.74, 6) is 0.749. The molecule has 164 valence electrons. The number of halogens is 2. The first-order chi connectivity index (χ1) is 14.8. The monoisotopic (exact) mass is 462 g/mol. The van der Waals surface area contributed by atoms with Crippen molar-refractivity contribution in [2.75, 3.05) is 26.7 Å². The zero-order valence-corrected chi connectivity index (χ0v) is 18.8. The van der Waals surface area contributed by atoms with Crippen molar-refractivity contribution in [1.82, 2.24) is 20.0 Å². The molecule has 2 aliphatic heterocycles. The molecule has 1 aromatic carbocycles. The van der Waals surface area contributed by atoms with E-state index in [4.69, 9.17) is 27.9 Å². The summed E-state index contributed by atoms with van der Waals surface area (Å²) in [6.07, 6.45) is 5.59. The molecule has 1 aromatic heterocycles. The van der Waals surface area contributed by atoms with Crippen LogP contribution in [0.15, 0.2) is 23.1 Å². The Bertz CT molecular complexity index is 1090. The van der Waals surface area contributed by atoms with Crippen LogP contribution in [0, 0.1) is 5.41 Å². The van der Waals surface area contributed by atoms with Crippen LogP contribution in [-0.2, 0) is 13.0 Å². The summed E-state index contributed by atoms with van der Waals surface area (Å²) in [4.78, 5) is 27.9. The molecule has 1 saturated heterocycles. The van der Waals surface area contributed by atoms with Gasteiger partial charge in [0.25, 0.3) is 11.5 Å². The smallest absolute Gasteiger partial charge is 0.283 e. The molecule has 0 unspecified atom stereocenters. The fourth-order valence-electron chi connectivity index (χ4n) is 5.17. The number of nitrogens with zero attached hydrogens (tertiary/aromatic N) is 3. The van der Waals surface area contributed by atoms with Crippen LogP contribution in [0.1, 0.15) is 40.7 Å². The second kappa shape index (κ2) is 7.80. The Kier molecular flexibility index (Phi) is 5.23. The Labute approximate surface area is 190 Å². The third-order valence-corrected chi connectivity index (χ3v) is 7.43. The quantitative estimate of drug-likeness (QED) is 0.713. The Morgan fingerprint density at radius 1 is 1.26 bits per heavy atom. The summed E-state index contributed by atoms with van der Waals surface area (Å²) < 4.78 is 6.26. The maximum absolute atomic E-state index is 12.3. The van der Waals surface area contributed by atoms with Crippen LogP contribution in [0.2, 0.25) is 10.0 Å². The highest BCUT2D eigenvalue weighted by Gasteiger charge is 2.53. The van der Waals surface area contributed by atoms with Crippen molar-refractivity contribution in [3.8, 4) is 5.75 Å². The van der Waals surface area contributed by atoms with Crippen molar-refractivity contribution < 1.29 is 9.53 Å². The lowest BCUT2D eigenvalue weighted by Gasteiger charge is -2.58. The standard InChI is InChI=1S/C22H24Cl2N4O3/c1-27-10-15-17(5-4-16(23)18(15)21(27)30)31-14-7-22(8-14)11-28(12-22)6-2-3-13-9-25-26-20(29)19(13)24/h4-5,9,14H,2-3,6-8,10-12H2,1H3,(H,26,29). The Hall–Kier alpha value is -2.09. The van der Waals surface area contributed by atoms with Gasteiger partial charge >= 0.3 is 0 Å². The molecule has 1 amide bonds. The number of H-pyrrole nitrogens is 1. The molecule has 2 aromatic rings. The lowest BCUT2D eigenvalue weighted by molar-refractivity contribution is -0.119. The summed E-state index contributed by atoms with van der Waals surface area (Å²) in [5.41, 5.74) is 2.32. The number of fused-ring (bicyclic) bond motifs is 1. The van der Waals surface area contributed by atoms with Gasteiger partial charge in [-0.15, -0.1) is 0 Å². The number of rotatable bonds is 6. The number of ether oxygens (including phenoxy) is 1. The van der Waals surface area contributed by atoms with Gasteiger partial charge in [0, 0.05) is 31.1 Å². The van der Waals surface area contributed by atoms with Gasteiger partial charge in [-0.25, -0.2) is 5.10 Å². The lowest BCUT2D eigenvalue weighted by atomic mass is 9.61. The first-order valence-electron chi connectivity index (χ1n) is 10.5. The molecular weight excluding hydrogens is 439 g/mol. The highest BCUT2D eigenvalue weighted by atomic mass is 35.5. The summed E-state index contributed by atoms with van der Waals surface area (Å²) in [6.45, 7) is 3.68. The first-order valence-corrected chi connectivity index (χ1v) is 11.3. The Morgan fingerprint density at radius 3 is 2.81 bits per heavy atom. The van der Waals surface area contributed by atoms with Gasteiger partial charge in [0.05, 0.1) is 29.4 Å². The van der Waals surface area contributed by atoms with Gasteiger partial charge in [0.2, 0.25) is 0 Å². The van der Waals surface area contributed by atoms with E-state index in [1.807, 2.05) is 6.07 Å². The van der Waals surface area contributed by atoms with Crippen molar-refractivity contribution in [3.05, 3.63) is 55.4 Å². The highest BCUT2D eigenvalue weighted by molar-refractivity contribution is 6.34. The van der Waals surface area contributed by atoms with E-state index in [0.717, 1.165) is 62.2 Å². The van der Waals surface area contributed by atoms with E-state index in [9.17, 15) is 9.59 Å². The molecule has 9 heteroatoms. The number of hydrogen-bond acceptors (Lipinski definition) is 5. The van der Waals surface area contributed by atoms with Crippen LogP contribution in [0.25, 0.3) is 0 Å². The molecule has 0 bridgehead atoms. The number of carbonyl (C=O) groups excluding carboxylic acids is 1. The van der Waals surface area contributed by atoms with Crippen LogP contribution in [0.3, 0.4) is 0 Å². The normalized spacial score (nSPS) is 20.0. The van der Waals surface area contributed by atoms with Crippen molar-refractivity contribution >= 4 is 29.1 Å². The van der Waals surface area contributed by atoms with Gasteiger partial charge in [-0.05, 0) is 49.9 Å². The zero-order valence-electron chi connectivity index (χ0n) is 17.3. The third kappa shape index (κ3) is 3.73. The second-order valence-electron chi connectivity index (χ2n) is 9.06. The average Bonchev–Trinajstić information content (AvgIpc) is 2.98. The van der Waals surface area contributed by atoms with Crippen molar-refractivity contribution in [1.29, 1.82) is 0 Å². The average molecular weight is 463 g/mol. The molecule has 7 nitrogen and oxygen atoms in total. The number of aryl methyl sites for hydroxylation is 1. The van der Waals surface area contributed by atoms with Gasteiger partial charge in [-0.2, -0.15) is 5.10 Å². The minimum Gasteiger partial charge on any atom is -0.490 e. The van der Waals surface area contributed by atoms with Crippen molar-refractivity contribution in [3.63, 3.8) is 0 Å². The second-order valence-corrected chi connectivity index (χ2v) is 9.85. The molecule has 0 atom stereocenters. The van der Waals surface area contributed by atoms with Crippen LogP contribution >= 0.6 is 23.2 Å². The number of hydrogen-bond donors (Lipinski definition) is 1. The Morgan fingerprint density at radius 2 is 2.03 bits per heavy atom. The zero-order chi connectivity index (χ0) is 21.8. The largest absolute Gasteiger partial charge is 0.490 e. The van der Waals surface area contributed by atoms with E-state index in [0.29, 0.717) is 22.5 Å². The van der Waals surface area contributed by atoms with Crippen LogP contribution in [-0.4, -0.2) is 58.7 Å². The van der Waals surface area contributed by atoms with Gasteiger partial charge < -0.3 is 14.5 Å². The number of likely N-dealkylation sites (tertiary alicyclic amines) is 1. The summed E-state index contributed by atoms with van der Waals surface area (Å²) in [5, 5.41) is 6.91. The third-order valence-electron chi connectivity index (χ3n) is 6.70. The van der Waals surface area contributed by atoms with E-state index < -0.39 is 0 Å². The predicted octanol–water partition coefficient (Wildman–Crippen LogP) is 3.14. The maximum atomic E-state index is 12.3. The predicted molar refractivity (Wildman–Crippen MR) is 118 cm³/mol. The number of aromatic nitrogens is 2. The lowest BCUT2D eigenvalue weighted by Crippen LogP contribution is -2.64. The van der Waals surface area contributed by atoms with Gasteiger partial charge in [0.1, 0.15) is 10.8 Å². The number of nitrogens with one attached hydrogen (secondary N) is 1. The van der Waals surface area contributed by atoms with Crippen molar-refractivity contribution in [2.45, 2.75) is 38.3 Å². The van der Waals surface area contributed by atoms with E-state index in [2.05, 4.69) is 15.1 Å². The molecule has 0 radical (unpaired) electrons. The van der Waals surface area contributed by atoms with Gasteiger partial charge in [0.15, 0.2) is 0 Å². The molecule has 3 heterocycles. The number of carbonyl (C=O) groups is 1. The highest BCUT2D eigenvalue weighted by Crippen LogP contribution is 2.50. The van der Waals surface area contributed by atoms with Gasteiger partial charge in [-0.1, -0.05) is 23.2 Å². The molecule has 2 fully saturated rings. The summed E-state index contributed by atoms with van der Waals surface area (Å²) in [7, 11) is 1.78. The number of amides is 1. The molecule has 3 aliphatic rings. The van der Waals surface area contributed by atoms with Gasteiger partial charge in [-0.3, -0.25) is 9.59 Å². The van der Waals surface area contributed by atoms with E-state index in [1.165, 1.54) is 0 Å². The van der Waals surface area contributed by atoms with E-state index in [1.54, 1.807) is 24.2 Å². The number of benzene rings is 1. The van der Waals surface area contributed by atoms with Crippen LogP contribution in [0.4, 0.5) is 0 Å². The van der Waals surface area contributed by atoms with Crippen LogP contribution < -0.4 is 10.3 Å². The minimum atomic E-state index is -0.329. The van der Waals surface area contributed by atoms with E-state index in [-0.39, 0.29) is 22.6 Å². The molecule has 1 N–H and O–H groups in total.